The van der Waals surface area contributed by atoms with E-state index >= 15 is 0 Å². The fourth-order valence-electron chi connectivity index (χ4n) is 4.26. The molecule has 2 aromatic rings. The number of nitrogen functional groups attached to an aromatic ring is 1. The summed E-state index contributed by atoms with van der Waals surface area (Å²) in [6.45, 7) is 1.50. The van der Waals surface area contributed by atoms with E-state index in [2.05, 4.69) is 5.32 Å². The molecule has 3 aliphatic carbocycles. The molecule has 1 unspecified atom stereocenters. The van der Waals surface area contributed by atoms with E-state index in [9.17, 15) is 22.8 Å². The van der Waals surface area contributed by atoms with Crippen LogP contribution in [-0.4, -0.2) is 10.5 Å². The maximum absolute atomic E-state index is 14.3. The van der Waals surface area contributed by atoms with Gasteiger partial charge >= 0.3 is 0 Å². The first kappa shape index (κ1) is 18.6. The van der Waals surface area contributed by atoms with Crippen molar-refractivity contribution in [3.8, 4) is 0 Å². The molecule has 3 N–H and O–H groups in total. The molecule has 2 bridgehead atoms. The van der Waals surface area contributed by atoms with Gasteiger partial charge in [0, 0.05) is 23.4 Å². The molecule has 8 heteroatoms. The van der Waals surface area contributed by atoms with Crippen molar-refractivity contribution in [3.05, 3.63) is 63.3 Å². The molecule has 0 saturated heterocycles. The predicted octanol–water partition coefficient (Wildman–Crippen LogP) is 3.51. The third kappa shape index (κ3) is 2.78. The lowest BCUT2D eigenvalue weighted by Gasteiger charge is -2.62. The normalized spacial score (nSPS) is 23.7. The standard InChI is InChI=1S/C20H20F3N3O2/c1-10(12-3-2-4-13(17(12)21)18(22)23)25-19(28)14-9-26(16(27)5-15(14)24)20-6-11(7-20)8-20/h2-5,9-11,18H,6-8,24H2,1H3,(H,25,28). The minimum absolute atomic E-state index is 0.0272. The Morgan fingerprint density at radius 2 is 1.93 bits per heavy atom. The SMILES string of the molecule is CC(NC(=O)c1cn(C23CC(C2)C3)c(=O)cc1N)c1cccc(C(F)F)c1F. The molecule has 0 spiro atoms. The van der Waals surface area contributed by atoms with Crippen LogP contribution < -0.4 is 16.6 Å². The Hall–Kier alpha value is -2.77. The fourth-order valence-corrected chi connectivity index (χ4v) is 4.26. The van der Waals surface area contributed by atoms with Crippen LogP contribution in [0.15, 0.2) is 35.3 Å². The van der Waals surface area contributed by atoms with E-state index in [0.717, 1.165) is 25.3 Å². The monoisotopic (exact) mass is 391 g/mol. The quantitative estimate of drug-likeness (QED) is 0.819. The van der Waals surface area contributed by atoms with Gasteiger partial charge in [0.25, 0.3) is 17.9 Å². The third-order valence-electron chi connectivity index (χ3n) is 5.95. The number of rotatable bonds is 5. The Morgan fingerprint density at radius 1 is 1.29 bits per heavy atom. The van der Waals surface area contributed by atoms with Gasteiger partial charge in [-0.05, 0) is 32.1 Å². The van der Waals surface area contributed by atoms with Gasteiger partial charge in [0.1, 0.15) is 5.82 Å². The first-order valence-corrected chi connectivity index (χ1v) is 9.12. The number of nitrogens with two attached hydrogens (primary N) is 1. The van der Waals surface area contributed by atoms with Gasteiger partial charge in [-0.25, -0.2) is 13.2 Å². The van der Waals surface area contributed by atoms with Gasteiger partial charge in [-0.2, -0.15) is 0 Å². The summed E-state index contributed by atoms with van der Waals surface area (Å²) in [5, 5.41) is 2.59. The van der Waals surface area contributed by atoms with E-state index in [4.69, 9.17) is 5.73 Å². The number of pyridine rings is 1. The molecule has 1 atom stereocenters. The molecule has 0 radical (unpaired) electrons. The fraction of sp³-hybridized carbons (Fsp3) is 0.400. The average molecular weight is 391 g/mol. The van der Waals surface area contributed by atoms with Crippen molar-refractivity contribution in [3.63, 3.8) is 0 Å². The summed E-state index contributed by atoms with van der Waals surface area (Å²) in [6, 6.07) is 4.03. The molecule has 148 valence electrons. The number of hydrogen-bond acceptors (Lipinski definition) is 3. The summed E-state index contributed by atoms with van der Waals surface area (Å²) in [6.07, 6.45) is 1.26. The number of alkyl halides is 2. The van der Waals surface area contributed by atoms with Crippen LogP contribution in [0.2, 0.25) is 0 Å². The highest BCUT2D eigenvalue weighted by molar-refractivity contribution is 5.99. The Labute approximate surface area is 159 Å². The van der Waals surface area contributed by atoms with Gasteiger partial charge in [-0.1, -0.05) is 18.2 Å². The van der Waals surface area contributed by atoms with Gasteiger partial charge in [0.15, 0.2) is 0 Å². The molecule has 28 heavy (non-hydrogen) atoms. The summed E-state index contributed by atoms with van der Waals surface area (Å²) >= 11 is 0. The molecule has 3 saturated carbocycles. The third-order valence-corrected chi connectivity index (χ3v) is 5.95. The Morgan fingerprint density at radius 3 is 2.50 bits per heavy atom. The van der Waals surface area contributed by atoms with Crippen LogP contribution in [0.5, 0.6) is 0 Å². The summed E-state index contributed by atoms with van der Waals surface area (Å²) in [4.78, 5) is 25.0. The molecular formula is C20H20F3N3O2. The second kappa shape index (κ2) is 6.39. The maximum Gasteiger partial charge on any atom is 0.266 e. The summed E-state index contributed by atoms with van der Waals surface area (Å²) in [5.41, 5.74) is 4.78. The van der Waals surface area contributed by atoms with E-state index < -0.39 is 29.8 Å². The van der Waals surface area contributed by atoms with Crippen molar-refractivity contribution >= 4 is 11.6 Å². The van der Waals surface area contributed by atoms with Crippen LogP contribution in [0.4, 0.5) is 18.9 Å². The van der Waals surface area contributed by atoms with E-state index in [1.165, 1.54) is 31.3 Å². The summed E-state index contributed by atoms with van der Waals surface area (Å²) in [5.74, 6) is -0.990. The van der Waals surface area contributed by atoms with Crippen LogP contribution >= 0.6 is 0 Å². The van der Waals surface area contributed by atoms with Crippen LogP contribution in [0, 0.1) is 11.7 Å². The Kier molecular flexibility index (Phi) is 4.24. The first-order valence-electron chi connectivity index (χ1n) is 9.12. The lowest BCUT2D eigenvalue weighted by atomic mass is 9.49. The molecule has 1 amide bonds. The Balaban J connectivity index is 1.60. The molecule has 1 aromatic heterocycles. The largest absolute Gasteiger partial charge is 0.398 e. The number of nitrogens with one attached hydrogen (secondary N) is 1. The van der Waals surface area contributed by atoms with Crippen molar-refractivity contribution in [1.29, 1.82) is 0 Å². The number of carbonyl (C=O) groups excluding carboxylic acids is 1. The lowest BCUT2D eigenvalue weighted by molar-refractivity contribution is -0.0914. The maximum atomic E-state index is 14.3. The molecule has 5 nitrogen and oxygen atoms in total. The van der Waals surface area contributed by atoms with Gasteiger partial charge in [0.05, 0.1) is 22.9 Å². The van der Waals surface area contributed by atoms with E-state index in [0.29, 0.717) is 5.92 Å². The van der Waals surface area contributed by atoms with Crippen LogP contribution in [0.25, 0.3) is 0 Å². The molecule has 0 aliphatic heterocycles. The van der Waals surface area contributed by atoms with Crippen molar-refractivity contribution in [2.24, 2.45) is 5.92 Å². The molecule has 1 heterocycles. The minimum Gasteiger partial charge on any atom is -0.398 e. The number of carbonyl (C=O) groups is 1. The van der Waals surface area contributed by atoms with Crippen LogP contribution in [-0.2, 0) is 5.54 Å². The molecule has 1 aromatic carbocycles. The topological polar surface area (TPSA) is 77.1 Å². The van der Waals surface area contributed by atoms with Gasteiger partial charge < -0.3 is 15.6 Å². The second-order valence-electron chi connectivity index (χ2n) is 7.80. The van der Waals surface area contributed by atoms with E-state index in [1.54, 1.807) is 4.57 Å². The number of amides is 1. The zero-order valence-corrected chi connectivity index (χ0v) is 15.2. The number of nitrogens with zero attached hydrogens (tertiary/aromatic N) is 1. The molecular weight excluding hydrogens is 371 g/mol. The van der Waals surface area contributed by atoms with Crippen molar-refractivity contribution in [1.82, 2.24) is 9.88 Å². The zero-order chi connectivity index (χ0) is 20.2. The van der Waals surface area contributed by atoms with Crippen molar-refractivity contribution in [2.75, 3.05) is 5.73 Å². The highest BCUT2D eigenvalue weighted by Crippen LogP contribution is 2.61. The predicted molar refractivity (Wildman–Crippen MR) is 97.7 cm³/mol. The van der Waals surface area contributed by atoms with E-state index in [1.807, 2.05) is 0 Å². The van der Waals surface area contributed by atoms with Crippen LogP contribution in [0.1, 0.15) is 60.1 Å². The summed E-state index contributed by atoms with van der Waals surface area (Å²) < 4.78 is 41.7. The molecule has 3 fully saturated rings. The van der Waals surface area contributed by atoms with Crippen molar-refractivity contribution < 1.29 is 18.0 Å². The highest BCUT2D eigenvalue weighted by atomic mass is 19.3. The van der Waals surface area contributed by atoms with Gasteiger partial charge in [0.2, 0.25) is 0 Å². The number of anilines is 1. The lowest BCUT2D eigenvalue weighted by Crippen LogP contribution is -2.62. The Bertz CT molecular complexity index is 1000. The number of hydrogen-bond donors (Lipinski definition) is 2. The summed E-state index contributed by atoms with van der Waals surface area (Å²) in [7, 11) is 0. The number of benzene rings is 1. The average Bonchev–Trinajstić information content (AvgIpc) is 2.53. The number of halogens is 3. The molecule has 5 rings (SSSR count). The number of aromatic nitrogens is 1. The zero-order valence-electron chi connectivity index (χ0n) is 15.2. The minimum atomic E-state index is -2.95. The van der Waals surface area contributed by atoms with E-state index in [-0.39, 0.29) is 27.9 Å². The smallest absolute Gasteiger partial charge is 0.266 e. The highest BCUT2D eigenvalue weighted by Gasteiger charge is 2.58. The first-order chi connectivity index (χ1) is 13.2. The van der Waals surface area contributed by atoms with Crippen molar-refractivity contribution in [2.45, 2.75) is 44.2 Å². The van der Waals surface area contributed by atoms with Crippen LogP contribution in [0.3, 0.4) is 0 Å². The van der Waals surface area contributed by atoms with Gasteiger partial charge in [-0.15, -0.1) is 0 Å². The molecule has 3 aliphatic rings. The van der Waals surface area contributed by atoms with Gasteiger partial charge in [-0.3, -0.25) is 9.59 Å². The second-order valence-corrected chi connectivity index (χ2v) is 7.80.